The lowest BCUT2D eigenvalue weighted by Crippen LogP contribution is -2.41. The van der Waals surface area contributed by atoms with Crippen molar-refractivity contribution in [2.45, 2.75) is 26.3 Å². The molecule has 18 heavy (non-hydrogen) atoms. The first kappa shape index (κ1) is 16.0. The Kier molecular flexibility index (Phi) is 5.65. The van der Waals surface area contributed by atoms with E-state index in [2.05, 4.69) is 42.5 Å². The van der Waals surface area contributed by atoms with E-state index >= 15 is 0 Å². The largest absolute Gasteiger partial charge is 0.323 e. The van der Waals surface area contributed by atoms with E-state index in [0.717, 1.165) is 8.95 Å². The molecule has 0 saturated carbocycles. The maximum atomic E-state index is 11.8. The molecule has 0 spiro atoms. The van der Waals surface area contributed by atoms with Crippen LogP contribution in [0.1, 0.15) is 20.8 Å². The first-order valence-corrected chi connectivity index (χ1v) is 7.35. The molecule has 0 aliphatic rings. The van der Waals surface area contributed by atoms with Gasteiger partial charge in [0, 0.05) is 19.5 Å². The predicted molar refractivity (Wildman–Crippen MR) is 83.2 cm³/mol. The van der Waals surface area contributed by atoms with Crippen LogP contribution in [0.15, 0.2) is 21.1 Å². The molecule has 1 aromatic carbocycles. The van der Waals surface area contributed by atoms with Crippen LogP contribution in [0, 0.1) is 0 Å². The second-order valence-corrected chi connectivity index (χ2v) is 7.04. The van der Waals surface area contributed by atoms with Crippen LogP contribution < -0.4 is 10.6 Å². The Hall–Kier alpha value is -0.100. The summed E-state index contributed by atoms with van der Waals surface area (Å²) in [6.07, 6.45) is 0. The summed E-state index contributed by atoms with van der Waals surface area (Å²) in [6, 6.07) is 3.47. The molecule has 0 aliphatic carbocycles. The van der Waals surface area contributed by atoms with Crippen molar-refractivity contribution in [3.8, 4) is 0 Å². The summed E-state index contributed by atoms with van der Waals surface area (Å²) in [7, 11) is 0. The highest BCUT2D eigenvalue weighted by Crippen LogP contribution is 2.34. The van der Waals surface area contributed by atoms with E-state index in [1.807, 2.05) is 20.8 Å². The highest BCUT2D eigenvalue weighted by molar-refractivity contribution is 9.11. The fourth-order valence-electron chi connectivity index (χ4n) is 1.19. The van der Waals surface area contributed by atoms with Crippen LogP contribution in [0.3, 0.4) is 0 Å². The summed E-state index contributed by atoms with van der Waals surface area (Å²) in [5.74, 6) is -0.103. The first-order valence-electron chi connectivity index (χ1n) is 5.38. The molecule has 1 amide bonds. The van der Waals surface area contributed by atoms with Crippen molar-refractivity contribution >= 4 is 55.1 Å². The Bertz CT molecular complexity index is 435. The molecular weight excluding hydrogens is 383 g/mol. The molecule has 0 radical (unpaired) electrons. The van der Waals surface area contributed by atoms with Gasteiger partial charge in [0.15, 0.2) is 0 Å². The molecule has 0 heterocycles. The zero-order chi connectivity index (χ0) is 13.9. The van der Waals surface area contributed by atoms with E-state index in [1.165, 1.54) is 0 Å². The van der Waals surface area contributed by atoms with E-state index in [1.54, 1.807) is 12.1 Å². The number of carbonyl (C=O) groups is 1. The molecule has 0 atom stereocenters. The third-order valence-corrected chi connectivity index (χ3v) is 3.52. The van der Waals surface area contributed by atoms with Gasteiger partial charge in [-0.15, -0.1) is 0 Å². The Morgan fingerprint density at radius 2 is 1.78 bits per heavy atom. The zero-order valence-corrected chi connectivity index (χ0v) is 14.3. The maximum Gasteiger partial charge on any atom is 0.238 e. The molecule has 1 rings (SSSR count). The second kappa shape index (κ2) is 6.37. The Morgan fingerprint density at radius 3 is 2.22 bits per heavy atom. The van der Waals surface area contributed by atoms with Crippen molar-refractivity contribution in [1.29, 1.82) is 0 Å². The van der Waals surface area contributed by atoms with Gasteiger partial charge in [0.25, 0.3) is 0 Å². The fraction of sp³-hybridized carbons (Fsp3) is 0.417. The third-order valence-electron chi connectivity index (χ3n) is 2.05. The Balaban J connectivity index is 2.71. The van der Waals surface area contributed by atoms with Gasteiger partial charge in [-0.2, -0.15) is 0 Å². The first-order chi connectivity index (χ1) is 8.19. The number of halogens is 3. The predicted octanol–water partition coefficient (Wildman–Crippen LogP) is 4.19. The monoisotopic (exact) mass is 396 g/mol. The highest BCUT2D eigenvalue weighted by Gasteiger charge is 2.14. The van der Waals surface area contributed by atoms with Gasteiger partial charge in [-0.1, -0.05) is 11.6 Å². The number of rotatable bonds is 3. The average Bonchev–Trinajstić information content (AvgIpc) is 2.19. The van der Waals surface area contributed by atoms with Crippen LogP contribution in [0.25, 0.3) is 0 Å². The molecule has 6 heteroatoms. The van der Waals surface area contributed by atoms with Gasteiger partial charge in [-0.3, -0.25) is 4.79 Å². The van der Waals surface area contributed by atoms with Crippen LogP contribution in [-0.2, 0) is 4.79 Å². The summed E-state index contributed by atoms with van der Waals surface area (Å²) >= 11 is 12.6. The SMILES string of the molecule is CC(C)(C)NCC(=O)Nc1c(Br)cc(Cl)cc1Br. The summed E-state index contributed by atoms with van der Waals surface area (Å²) in [5, 5.41) is 6.54. The smallest absolute Gasteiger partial charge is 0.238 e. The van der Waals surface area contributed by atoms with E-state index in [9.17, 15) is 4.79 Å². The molecular formula is C12H15Br2ClN2O. The van der Waals surface area contributed by atoms with Crippen molar-refractivity contribution in [2.24, 2.45) is 0 Å². The second-order valence-electron chi connectivity index (χ2n) is 4.90. The van der Waals surface area contributed by atoms with Crippen molar-refractivity contribution in [2.75, 3.05) is 11.9 Å². The summed E-state index contributed by atoms with van der Waals surface area (Å²) in [6.45, 7) is 6.28. The van der Waals surface area contributed by atoms with Gasteiger partial charge in [0.2, 0.25) is 5.91 Å². The lowest BCUT2D eigenvalue weighted by Gasteiger charge is -2.20. The molecule has 2 N–H and O–H groups in total. The zero-order valence-electron chi connectivity index (χ0n) is 10.4. The van der Waals surface area contributed by atoms with E-state index in [4.69, 9.17) is 11.6 Å². The standard InChI is InChI=1S/C12H15Br2ClN2O/c1-12(2,3)16-6-10(18)17-11-8(13)4-7(15)5-9(11)14/h4-5,16H,6H2,1-3H3,(H,17,18). The number of carbonyl (C=O) groups excluding carboxylic acids is 1. The summed E-state index contributed by atoms with van der Waals surface area (Å²) < 4.78 is 1.48. The van der Waals surface area contributed by atoms with Crippen LogP contribution in [-0.4, -0.2) is 18.0 Å². The Morgan fingerprint density at radius 1 is 1.28 bits per heavy atom. The summed E-state index contributed by atoms with van der Waals surface area (Å²) in [4.78, 5) is 11.8. The molecule has 0 unspecified atom stereocenters. The summed E-state index contributed by atoms with van der Waals surface area (Å²) in [5.41, 5.74) is 0.589. The van der Waals surface area contributed by atoms with Crippen LogP contribution in [0.4, 0.5) is 5.69 Å². The van der Waals surface area contributed by atoms with Crippen LogP contribution >= 0.6 is 43.5 Å². The average molecular weight is 399 g/mol. The molecule has 3 nitrogen and oxygen atoms in total. The number of anilines is 1. The van der Waals surface area contributed by atoms with Gasteiger partial charge in [-0.25, -0.2) is 0 Å². The minimum Gasteiger partial charge on any atom is -0.323 e. The minimum atomic E-state index is -0.103. The fourth-order valence-corrected chi connectivity index (χ4v) is 3.06. The van der Waals surface area contributed by atoms with Gasteiger partial charge >= 0.3 is 0 Å². The molecule has 0 aromatic heterocycles. The number of nitrogens with one attached hydrogen (secondary N) is 2. The van der Waals surface area contributed by atoms with Crippen molar-refractivity contribution in [3.63, 3.8) is 0 Å². The molecule has 0 saturated heterocycles. The third kappa shape index (κ3) is 5.26. The molecule has 0 bridgehead atoms. The van der Waals surface area contributed by atoms with Gasteiger partial charge in [-0.05, 0) is 64.8 Å². The number of benzene rings is 1. The van der Waals surface area contributed by atoms with Gasteiger partial charge in [0.05, 0.1) is 12.2 Å². The van der Waals surface area contributed by atoms with Gasteiger partial charge < -0.3 is 10.6 Å². The van der Waals surface area contributed by atoms with Crippen molar-refractivity contribution in [1.82, 2.24) is 5.32 Å². The van der Waals surface area contributed by atoms with E-state index < -0.39 is 0 Å². The van der Waals surface area contributed by atoms with E-state index in [-0.39, 0.29) is 18.0 Å². The normalized spacial score (nSPS) is 11.4. The van der Waals surface area contributed by atoms with Crippen molar-refractivity contribution < 1.29 is 4.79 Å². The Labute approximate surface area is 129 Å². The van der Waals surface area contributed by atoms with E-state index in [0.29, 0.717) is 10.7 Å². The quantitative estimate of drug-likeness (QED) is 0.802. The number of amides is 1. The topological polar surface area (TPSA) is 41.1 Å². The minimum absolute atomic E-state index is 0.0915. The molecule has 1 aromatic rings. The van der Waals surface area contributed by atoms with Crippen LogP contribution in [0.5, 0.6) is 0 Å². The lowest BCUT2D eigenvalue weighted by atomic mass is 10.1. The molecule has 100 valence electrons. The highest BCUT2D eigenvalue weighted by atomic mass is 79.9. The number of hydrogen-bond acceptors (Lipinski definition) is 2. The lowest BCUT2D eigenvalue weighted by molar-refractivity contribution is -0.115. The van der Waals surface area contributed by atoms with Crippen LogP contribution in [0.2, 0.25) is 5.02 Å². The van der Waals surface area contributed by atoms with Gasteiger partial charge in [0.1, 0.15) is 0 Å². The molecule has 0 aliphatic heterocycles. The van der Waals surface area contributed by atoms with Crippen molar-refractivity contribution in [3.05, 3.63) is 26.1 Å². The molecule has 0 fully saturated rings. The number of hydrogen-bond donors (Lipinski definition) is 2. The maximum absolute atomic E-state index is 11.8.